The third kappa shape index (κ3) is 6.10. The van der Waals surface area contributed by atoms with Crippen LogP contribution in [0.4, 0.5) is 0 Å². The molecule has 1 saturated carbocycles. The van der Waals surface area contributed by atoms with Crippen LogP contribution in [0.5, 0.6) is 0 Å². The van der Waals surface area contributed by atoms with Crippen molar-refractivity contribution in [2.45, 2.75) is 83.1 Å². The Morgan fingerprint density at radius 1 is 0.941 bits per heavy atom. The zero-order chi connectivity index (χ0) is 12.4. The summed E-state index contributed by atoms with van der Waals surface area (Å²) in [7, 11) is 0. The molecule has 0 heterocycles. The van der Waals surface area contributed by atoms with Gasteiger partial charge in [0.1, 0.15) is 0 Å². The van der Waals surface area contributed by atoms with Crippen LogP contribution in [0.25, 0.3) is 0 Å². The average Bonchev–Trinajstić information content (AvgIpc) is 2.30. The van der Waals surface area contributed by atoms with Gasteiger partial charge in [0.25, 0.3) is 0 Å². The number of halogens is 1. The zero-order valence-corrected chi connectivity index (χ0v) is 12.3. The number of alkyl halides is 1. The quantitative estimate of drug-likeness (QED) is 0.412. The van der Waals surface area contributed by atoms with E-state index in [4.69, 9.17) is 11.6 Å². The third-order valence-electron chi connectivity index (χ3n) is 4.10. The molecule has 0 aromatic heterocycles. The molecule has 0 unspecified atom stereocenters. The van der Waals surface area contributed by atoms with Gasteiger partial charge in [-0.25, -0.2) is 0 Å². The van der Waals surface area contributed by atoms with E-state index in [0.717, 1.165) is 5.88 Å². The molecule has 1 N–H and O–H groups in total. The standard InChI is InChI=1S/C15H30ClN/c1-2-3-4-5-6-7-8-9-13-17-15(14-16)11-10-12-15/h17H,2-14H2,1H3. The molecule has 2 heteroatoms. The van der Waals surface area contributed by atoms with Gasteiger partial charge in [-0.05, 0) is 32.2 Å². The molecule has 0 aromatic rings. The molecule has 0 saturated heterocycles. The maximum absolute atomic E-state index is 6.01. The minimum atomic E-state index is 0.322. The largest absolute Gasteiger partial charge is 0.310 e. The van der Waals surface area contributed by atoms with Crippen LogP contribution in [0.3, 0.4) is 0 Å². The van der Waals surface area contributed by atoms with Gasteiger partial charge in [0.15, 0.2) is 0 Å². The molecule has 0 amide bonds. The Hall–Kier alpha value is 0.250. The maximum Gasteiger partial charge on any atom is 0.0406 e. The Labute approximate surface area is 113 Å². The fourth-order valence-corrected chi connectivity index (χ4v) is 2.94. The molecule has 0 spiro atoms. The number of rotatable bonds is 11. The Morgan fingerprint density at radius 3 is 2.00 bits per heavy atom. The van der Waals surface area contributed by atoms with Crippen LogP contribution in [-0.2, 0) is 0 Å². The molecule has 0 bridgehead atoms. The molecule has 102 valence electrons. The van der Waals surface area contributed by atoms with Gasteiger partial charge in [0, 0.05) is 11.4 Å². The summed E-state index contributed by atoms with van der Waals surface area (Å²) < 4.78 is 0. The molecule has 0 radical (unpaired) electrons. The molecule has 0 aliphatic heterocycles. The summed E-state index contributed by atoms with van der Waals surface area (Å²) in [6.45, 7) is 3.44. The van der Waals surface area contributed by atoms with Gasteiger partial charge in [0.2, 0.25) is 0 Å². The Bertz CT molecular complexity index is 172. The first kappa shape index (κ1) is 15.3. The average molecular weight is 260 g/mol. The first-order valence-corrected chi connectivity index (χ1v) is 8.17. The molecule has 1 aliphatic carbocycles. The number of hydrogen-bond donors (Lipinski definition) is 1. The highest BCUT2D eigenvalue weighted by atomic mass is 35.5. The van der Waals surface area contributed by atoms with Crippen LogP contribution in [-0.4, -0.2) is 18.0 Å². The predicted octanol–water partition coefficient (Wildman–Crippen LogP) is 4.88. The minimum absolute atomic E-state index is 0.322. The van der Waals surface area contributed by atoms with E-state index >= 15 is 0 Å². The second-order valence-corrected chi connectivity index (χ2v) is 5.94. The van der Waals surface area contributed by atoms with E-state index in [1.807, 2.05) is 0 Å². The van der Waals surface area contributed by atoms with Gasteiger partial charge in [-0.2, -0.15) is 0 Å². The number of hydrogen-bond acceptors (Lipinski definition) is 1. The van der Waals surface area contributed by atoms with Gasteiger partial charge in [-0.3, -0.25) is 0 Å². The molecule has 0 aromatic carbocycles. The van der Waals surface area contributed by atoms with Crippen LogP contribution in [0.1, 0.15) is 77.6 Å². The maximum atomic E-state index is 6.01. The first-order chi connectivity index (χ1) is 8.33. The highest BCUT2D eigenvalue weighted by Crippen LogP contribution is 2.32. The van der Waals surface area contributed by atoms with E-state index in [9.17, 15) is 0 Å². The molecule has 1 nitrogen and oxygen atoms in total. The van der Waals surface area contributed by atoms with Crippen molar-refractivity contribution < 1.29 is 0 Å². The normalized spacial score (nSPS) is 18.0. The van der Waals surface area contributed by atoms with Crippen molar-refractivity contribution >= 4 is 11.6 Å². The zero-order valence-electron chi connectivity index (χ0n) is 11.6. The lowest BCUT2D eigenvalue weighted by molar-refractivity contribution is 0.212. The van der Waals surface area contributed by atoms with Crippen LogP contribution in [0, 0.1) is 0 Å². The summed E-state index contributed by atoms with van der Waals surface area (Å²) in [4.78, 5) is 0. The van der Waals surface area contributed by atoms with Gasteiger partial charge >= 0.3 is 0 Å². The van der Waals surface area contributed by atoms with E-state index in [-0.39, 0.29) is 0 Å². The highest BCUT2D eigenvalue weighted by molar-refractivity contribution is 6.18. The molecule has 1 aliphatic rings. The second-order valence-electron chi connectivity index (χ2n) is 5.67. The molecule has 0 atom stereocenters. The molecular formula is C15H30ClN. The van der Waals surface area contributed by atoms with Crippen molar-refractivity contribution in [3.63, 3.8) is 0 Å². The van der Waals surface area contributed by atoms with Crippen molar-refractivity contribution in [1.29, 1.82) is 0 Å². The van der Waals surface area contributed by atoms with Crippen molar-refractivity contribution in [3.8, 4) is 0 Å². The van der Waals surface area contributed by atoms with Crippen molar-refractivity contribution in [2.75, 3.05) is 12.4 Å². The Balaban J connectivity index is 1.81. The monoisotopic (exact) mass is 259 g/mol. The first-order valence-electron chi connectivity index (χ1n) is 7.64. The number of unbranched alkanes of at least 4 members (excludes halogenated alkanes) is 7. The minimum Gasteiger partial charge on any atom is -0.310 e. The second kappa shape index (κ2) is 9.22. The van der Waals surface area contributed by atoms with Gasteiger partial charge in [-0.1, -0.05) is 51.9 Å². The van der Waals surface area contributed by atoms with Crippen molar-refractivity contribution in [1.82, 2.24) is 5.32 Å². The summed E-state index contributed by atoms with van der Waals surface area (Å²) in [6.07, 6.45) is 15.1. The van der Waals surface area contributed by atoms with Gasteiger partial charge in [-0.15, -0.1) is 11.6 Å². The van der Waals surface area contributed by atoms with Crippen LogP contribution >= 0.6 is 11.6 Å². The molecule has 1 fully saturated rings. The van der Waals surface area contributed by atoms with E-state index < -0.39 is 0 Å². The topological polar surface area (TPSA) is 12.0 Å². The SMILES string of the molecule is CCCCCCCCCCNC1(CCl)CCC1. The van der Waals surface area contributed by atoms with E-state index in [2.05, 4.69) is 12.2 Å². The summed E-state index contributed by atoms with van der Waals surface area (Å²) in [5.74, 6) is 0.796. The fraction of sp³-hybridized carbons (Fsp3) is 1.00. The van der Waals surface area contributed by atoms with Crippen molar-refractivity contribution in [2.24, 2.45) is 0 Å². The lowest BCUT2D eigenvalue weighted by Gasteiger charge is -2.41. The summed E-state index contributed by atoms with van der Waals surface area (Å²) in [5, 5.41) is 3.66. The van der Waals surface area contributed by atoms with Crippen LogP contribution in [0.2, 0.25) is 0 Å². The van der Waals surface area contributed by atoms with Crippen molar-refractivity contribution in [3.05, 3.63) is 0 Å². The summed E-state index contributed by atoms with van der Waals surface area (Å²) in [5.41, 5.74) is 0.322. The molecule has 1 rings (SSSR count). The van der Waals surface area contributed by atoms with E-state index in [0.29, 0.717) is 5.54 Å². The Morgan fingerprint density at radius 2 is 1.53 bits per heavy atom. The lowest BCUT2D eigenvalue weighted by atomic mass is 9.78. The smallest absolute Gasteiger partial charge is 0.0406 e. The van der Waals surface area contributed by atoms with E-state index in [1.54, 1.807) is 0 Å². The number of nitrogens with one attached hydrogen (secondary N) is 1. The van der Waals surface area contributed by atoms with Gasteiger partial charge < -0.3 is 5.32 Å². The van der Waals surface area contributed by atoms with Crippen LogP contribution < -0.4 is 5.32 Å². The summed E-state index contributed by atoms with van der Waals surface area (Å²) >= 11 is 6.01. The predicted molar refractivity (Wildman–Crippen MR) is 77.9 cm³/mol. The Kier molecular flexibility index (Phi) is 8.30. The third-order valence-corrected chi connectivity index (χ3v) is 4.61. The fourth-order valence-electron chi connectivity index (χ4n) is 2.57. The lowest BCUT2D eigenvalue weighted by Crippen LogP contribution is -2.52. The molecular weight excluding hydrogens is 230 g/mol. The van der Waals surface area contributed by atoms with Gasteiger partial charge in [0.05, 0.1) is 0 Å². The van der Waals surface area contributed by atoms with Crippen LogP contribution in [0.15, 0.2) is 0 Å². The summed E-state index contributed by atoms with van der Waals surface area (Å²) in [6, 6.07) is 0. The highest BCUT2D eigenvalue weighted by Gasteiger charge is 2.34. The van der Waals surface area contributed by atoms with E-state index in [1.165, 1.54) is 77.2 Å². The molecule has 17 heavy (non-hydrogen) atoms.